The van der Waals surface area contributed by atoms with Crippen molar-refractivity contribution >= 4 is 0 Å². The standard InChI is InChI=1S/C32H22F10O3/c1-16-2-10-27(43-15-16)22-8-9-23(30(37)29(22)36)31(38,39)44-19-5-7-21(25(34)14-19)17-3-6-20(24(33)12-17)18-4-11-28(26(35)13-18)45-32(40,41)42/h3-9,11-14,16,27H,2,10,15H2,1H3. The molecule has 4 aromatic carbocycles. The van der Waals surface area contributed by atoms with Crippen LogP contribution in [0.2, 0.25) is 0 Å². The third-order valence-electron chi connectivity index (χ3n) is 7.21. The molecular formula is C32H22F10O3. The van der Waals surface area contributed by atoms with Gasteiger partial charge < -0.3 is 14.2 Å². The SMILES string of the molecule is CC1CCC(c2ccc(C(F)(F)Oc3ccc(-c4ccc(-c5ccc(OC(F)(F)F)c(F)c5)c(F)c4)c(F)c3)c(F)c2F)OC1. The van der Waals surface area contributed by atoms with E-state index in [4.69, 9.17) is 4.74 Å². The van der Waals surface area contributed by atoms with E-state index in [0.29, 0.717) is 43.7 Å². The fraction of sp³-hybridized carbons (Fsp3) is 0.250. The quantitative estimate of drug-likeness (QED) is 0.188. The van der Waals surface area contributed by atoms with Gasteiger partial charge in [-0.2, -0.15) is 8.78 Å². The molecule has 13 heteroatoms. The van der Waals surface area contributed by atoms with Crippen LogP contribution in [0.15, 0.2) is 66.7 Å². The highest BCUT2D eigenvalue weighted by molar-refractivity contribution is 5.72. The molecule has 0 N–H and O–H groups in total. The smallest absolute Gasteiger partial charge is 0.429 e. The van der Waals surface area contributed by atoms with Gasteiger partial charge in [0.25, 0.3) is 0 Å². The van der Waals surface area contributed by atoms with Gasteiger partial charge in [0.2, 0.25) is 0 Å². The molecule has 3 nitrogen and oxygen atoms in total. The lowest BCUT2D eigenvalue weighted by Crippen LogP contribution is -2.25. The maximum Gasteiger partial charge on any atom is 0.573 e. The van der Waals surface area contributed by atoms with E-state index in [1.54, 1.807) is 0 Å². The van der Waals surface area contributed by atoms with Gasteiger partial charge >= 0.3 is 12.5 Å². The highest BCUT2D eigenvalue weighted by Gasteiger charge is 2.40. The Morgan fingerprint density at radius 1 is 0.667 bits per heavy atom. The first-order chi connectivity index (χ1) is 21.1. The molecule has 1 aliphatic heterocycles. The first kappa shape index (κ1) is 32.1. The van der Waals surface area contributed by atoms with Crippen LogP contribution >= 0.6 is 0 Å². The van der Waals surface area contributed by atoms with Gasteiger partial charge in [-0.05, 0) is 66.3 Å². The van der Waals surface area contributed by atoms with Gasteiger partial charge in [-0.3, -0.25) is 0 Å². The summed E-state index contributed by atoms with van der Waals surface area (Å²) < 4.78 is 154. The van der Waals surface area contributed by atoms with Gasteiger partial charge in [0.15, 0.2) is 23.2 Å². The molecule has 0 aliphatic carbocycles. The monoisotopic (exact) mass is 644 g/mol. The lowest BCUT2D eigenvalue weighted by molar-refractivity contribution is -0.275. The molecule has 1 saturated heterocycles. The zero-order chi connectivity index (χ0) is 32.7. The zero-order valence-electron chi connectivity index (χ0n) is 23.1. The Bertz CT molecular complexity index is 1710. The summed E-state index contributed by atoms with van der Waals surface area (Å²) in [5.41, 5.74) is -2.34. The molecule has 2 unspecified atom stereocenters. The topological polar surface area (TPSA) is 27.7 Å². The molecule has 45 heavy (non-hydrogen) atoms. The van der Waals surface area contributed by atoms with Crippen molar-refractivity contribution in [2.24, 2.45) is 5.92 Å². The predicted octanol–water partition coefficient (Wildman–Crippen LogP) is 10.2. The number of hydrogen-bond acceptors (Lipinski definition) is 3. The highest BCUT2D eigenvalue weighted by atomic mass is 19.4. The number of ether oxygens (including phenoxy) is 3. The molecule has 2 atom stereocenters. The van der Waals surface area contributed by atoms with Crippen LogP contribution in [0.3, 0.4) is 0 Å². The highest BCUT2D eigenvalue weighted by Crippen LogP contribution is 2.39. The molecule has 0 radical (unpaired) electrons. The molecule has 0 bridgehead atoms. The zero-order valence-corrected chi connectivity index (χ0v) is 23.1. The largest absolute Gasteiger partial charge is 0.573 e. The van der Waals surface area contributed by atoms with Crippen LogP contribution in [0.5, 0.6) is 11.5 Å². The summed E-state index contributed by atoms with van der Waals surface area (Å²) in [6.45, 7) is 2.23. The summed E-state index contributed by atoms with van der Waals surface area (Å²) in [4.78, 5) is 0. The van der Waals surface area contributed by atoms with E-state index in [9.17, 15) is 43.9 Å². The average Bonchev–Trinajstić information content (AvgIpc) is 2.95. The molecule has 1 fully saturated rings. The summed E-state index contributed by atoms with van der Waals surface area (Å²) >= 11 is 0. The van der Waals surface area contributed by atoms with Gasteiger partial charge in [-0.15, -0.1) is 13.2 Å². The van der Waals surface area contributed by atoms with Crippen LogP contribution in [0.25, 0.3) is 22.3 Å². The minimum absolute atomic E-state index is 0.0763. The maximum atomic E-state index is 15.0. The number of rotatable bonds is 7. The molecule has 1 heterocycles. The van der Waals surface area contributed by atoms with Crippen molar-refractivity contribution < 1.29 is 58.1 Å². The number of benzene rings is 4. The van der Waals surface area contributed by atoms with Gasteiger partial charge in [0.1, 0.15) is 22.9 Å². The lowest BCUT2D eigenvalue weighted by atomic mass is 9.94. The van der Waals surface area contributed by atoms with Crippen molar-refractivity contribution in [3.05, 3.63) is 107 Å². The molecular weight excluding hydrogens is 622 g/mol. The summed E-state index contributed by atoms with van der Waals surface area (Å²) in [5, 5.41) is 0. The average molecular weight is 645 g/mol. The van der Waals surface area contributed by atoms with Crippen LogP contribution in [0.1, 0.15) is 37.0 Å². The Balaban J connectivity index is 1.34. The van der Waals surface area contributed by atoms with E-state index in [0.717, 1.165) is 36.4 Å². The van der Waals surface area contributed by atoms with Crippen molar-refractivity contribution in [2.75, 3.05) is 6.61 Å². The van der Waals surface area contributed by atoms with E-state index < -0.39 is 64.7 Å². The fourth-order valence-electron chi connectivity index (χ4n) is 4.96. The second kappa shape index (κ2) is 12.3. The molecule has 0 aromatic heterocycles. The van der Waals surface area contributed by atoms with E-state index in [-0.39, 0.29) is 33.7 Å². The second-order valence-corrected chi connectivity index (χ2v) is 10.5. The van der Waals surface area contributed by atoms with Gasteiger partial charge in [0, 0.05) is 29.4 Å². The van der Waals surface area contributed by atoms with Crippen molar-refractivity contribution in [3.8, 4) is 33.8 Å². The van der Waals surface area contributed by atoms with Crippen molar-refractivity contribution in [2.45, 2.75) is 38.3 Å². The summed E-state index contributed by atoms with van der Waals surface area (Å²) in [7, 11) is 0. The molecule has 1 aliphatic rings. The van der Waals surface area contributed by atoms with Gasteiger partial charge in [-0.25, -0.2) is 22.0 Å². The Hall–Kier alpha value is -4.26. The lowest BCUT2D eigenvalue weighted by Gasteiger charge is -2.28. The maximum absolute atomic E-state index is 15.0. The van der Waals surface area contributed by atoms with E-state index >= 15 is 0 Å². The van der Waals surface area contributed by atoms with E-state index in [1.165, 1.54) is 6.07 Å². The minimum atomic E-state index is -5.14. The van der Waals surface area contributed by atoms with E-state index in [1.807, 2.05) is 6.92 Å². The third-order valence-corrected chi connectivity index (χ3v) is 7.21. The van der Waals surface area contributed by atoms with Gasteiger partial charge in [-0.1, -0.05) is 31.2 Å². The van der Waals surface area contributed by atoms with Crippen LogP contribution in [0, 0.1) is 35.0 Å². The van der Waals surface area contributed by atoms with Crippen LogP contribution in [-0.4, -0.2) is 13.0 Å². The van der Waals surface area contributed by atoms with E-state index in [2.05, 4.69) is 9.47 Å². The minimum Gasteiger partial charge on any atom is -0.429 e. The molecule has 0 saturated carbocycles. The number of alkyl halides is 5. The molecule has 238 valence electrons. The first-order valence-corrected chi connectivity index (χ1v) is 13.4. The predicted molar refractivity (Wildman–Crippen MR) is 142 cm³/mol. The molecule has 0 amide bonds. The Kier molecular flexibility index (Phi) is 8.76. The Labute approximate surface area is 250 Å². The molecule has 5 rings (SSSR count). The van der Waals surface area contributed by atoms with Crippen molar-refractivity contribution in [1.82, 2.24) is 0 Å². The molecule has 0 spiro atoms. The fourth-order valence-corrected chi connectivity index (χ4v) is 4.96. The first-order valence-electron chi connectivity index (χ1n) is 13.4. The second-order valence-electron chi connectivity index (χ2n) is 10.5. The van der Waals surface area contributed by atoms with Crippen LogP contribution < -0.4 is 9.47 Å². The Morgan fingerprint density at radius 3 is 1.87 bits per heavy atom. The summed E-state index contributed by atoms with van der Waals surface area (Å²) in [6.07, 6.45) is -9.28. The van der Waals surface area contributed by atoms with Crippen LogP contribution in [-0.2, 0) is 10.8 Å². The van der Waals surface area contributed by atoms with Gasteiger partial charge in [0.05, 0.1) is 6.10 Å². The number of halogens is 10. The Morgan fingerprint density at radius 2 is 1.29 bits per heavy atom. The van der Waals surface area contributed by atoms with Crippen molar-refractivity contribution in [3.63, 3.8) is 0 Å². The number of hydrogen-bond donors (Lipinski definition) is 0. The summed E-state index contributed by atoms with van der Waals surface area (Å²) in [5.74, 6) is -8.53. The summed E-state index contributed by atoms with van der Waals surface area (Å²) in [6, 6.07) is 9.55. The van der Waals surface area contributed by atoms with Crippen molar-refractivity contribution in [1.29, 1.82) is 0 Å². The van der Waals surface area contributed by atoms with Crippen LogP contribution in [0.4, 0.5) is 43.9 Å². The normalized spacial score (nSPS) is 17.3. The third kappa shape index (κ3) is 7.03. The molecule has 4 aromatic rings.